The maximum atomic E-state index is 6.31. The summed E-state index contributed by atoms with van der Waals surface area (Å²) in [4.78, 5) is 0. The van der Waals surface area contributed by atoms with Gasteiger partial charge in [0.2, 0.25) is 0 Å². The molecular formula is C14H19NO. The lowest BCUT2D eigenvalue weighted by atomic mass is 9.94. The second-order valence-corrected chi connectivity index (χ2v) is 5.06. The maximum Gasteiger partial charge on any atom is 0.0579 e. The Hall–Kier alpha value is -0.860. The van der Waals surface area contributed by atoms with Crippen molar-refractivity contribution in [2.45, 2.75) is 37.8 Å². The van der Waals surface area contributed by atoms with Crippen LogP contribution in [-0.4, -0.2) is 12.7 Å². The molecule has 1 aromatic carbocycles. The smallest absolute Gasteiger partial charge is 0.0579 e. The first-order valence-corrected chi connectivity index (χ1v) is 6.29. The van der Waals surface area contributed by atoms with E-state index in [0.717, 1.165) is 19.4 Å². The fraction of sp³-hybridized carbons (Fsp3) is 0.571. The van der Waals surface area contributed by atoms with E-state index in [4.69, 9.17) is 10.5 Å². The number of ether oxygens (including phenoxy) is 1. The lowest BCUT2D eigenvalue weighted by molar-refractivity contribution is 0.0872. The van der Waals surface area contributed by atoms with Crippen LogP contribution in [0.15, 0.2) is 24.3 Å². The average Bonchev–Trinajstić information content (AvgIpc) is 2.90. The van der Waals surface area contributed by atoms with E-state index in [2.05, 4.69) is 24.3 Å². The lowest BCUT2D eigenvalue weighted by Gasteiger charge is -2.19. The van der Waals surface area contributed by atoms with Crippen LogP contribution in [0.25, 0.3) is 0 Å². The molecule has 1 saturated heterocycles. The summed E-state index contributed by atoms with van der Waals surface area (Å²) < 4.78 is 5.71. The quantitative estimate of drug-likeness (QED) is 0.825. The van der Waals surface area contributed by atoms with E-state index in [1.54, 1.807) is 0 Å². The summed E-state index contributed by atoms with van der Waals surface area (Å²) in [5, 5.41) is 0. The summed E-state index contributed by atoms with van der Waals surface area (Å²) in [6.07, 6.45) is 5.18. The number of rotatable bonds is 2. The summed E-state index contributed by atoms with van der Waals surface area (Å²) in [5.74, 6) is 0.584. The van der Waals surface area contributed by atoms with Crippen molar-refractivity contribution in [2.75, 3.05) is 6.61 Å². The molecule has 0 bridgehead atoms. The minimum atomic E-state index is 0.223. The molecule has 1 aliphatic carbocycles. The summed E-state index contributed by atoms with van der Waals surface area (Å²) in [5.41, 5.74) is 9.11. The number of fused-ring (bicyclic) bond motifs is 1. The molecule has 2 nitrogen and oxygen atoms in total. The summed E-state index contributed by atoms with van der Waals surface area (Å²) in [7, 11) is 0. The van der Waals surface area contributed by atoms with E-state index >= 15 is 0 Å². The highest BCUT2D eigenvalue weighted by Crippen LogP contribution is 2.38. The first kappa shape index (κ1) is 10.3. The van der Waals surface area contributed by atoms with Crippen LogP contribution in [0.2, 0.25) is 0 Å². The van der Waals surface area contributed by atoms with Gasteiger partial charge in [-0.2, -0.15) is 0 Å². The summed E-state index contributed by atoms with van der Waals surface area (Å²) >= 11 is 0. The molecule has 16 heavy (non-hydrogen) atoms. The van der Waals surface area contributed by atoms with Gasteiger partial charge in [-0.1, -0.05) is 24.3 Å². The largest absolute Gasteiger partial charge is 0.378 e. The van der Waals surface area contributed by atoms with Gasteiger partial charge in [-0.05, 0) is 42.7 Å². The van der Waals surface area contributed by atoms with E-state index in [-0.39, 0.29) is 6.04 Å². The number of benzene rings is 1. The van der Waals surface area contributed by atoms with Crippen molar-refractivity contribution in [1.29, 1.82) is 0 Å². The highest BCUT2D eigenvalue weighted by atomic mass is 16.5. The number of hydrogen-bond acceptors (Lipinski definition) is 2. The SMILES string of the molecule is NC1c2ccccc2CC1CC1CCCO1. The van der Waals surface area contributed by atoms with Crippen molar-refractivity contribution in [3.05, 3.63) is 35.4 Å². The van der Waals surface area contributed by atoms with E-state index in [1.807, 2.05) is 0 Å². The van der Waals surface area contributed by atoms with Crippen LogP contribution in [0.1, 0.15) is 36.4 Å². The van der Waals surface area contributed by atoms with Crippen LogP contribution in [0.4, 0.5) is 0 Å². The van der Waals surface area contributed by atoms with Crippen molar-refractivity contribution in [1.82, 2.24) is 0 Å². The highest BCUT2D eigenvalue weighted by molar-refractivity contribution is 5.35. The Kier molecular flexibility index (Phi) is 2.70. The third-order valence-corrected chi connectivity index (χ3v) is 3.99. The molecule has 2 N–H and O–H groups in total. The van der Waals surface area contributed by atoms with Gasteiger partial charge in [-0.15, -0.1) is 0 Å². The first-order chi connectivity index (χ1) is 7.84. The van der Waals surface area contributed by atoms with E-state index in [0.29, 0.717) is 12.0 Å². The molecule has 2 heteroatoms. The molecule has 3 rings (SSSR count). The number of nitrogens with two attached hydrogens (primary N) is 1. The molecule has 2 aliphatic rings. The second-order valence-electron chi connectivity index (χ2n) is 5.06. The van der Waals surface area contributed by atoms with E-state index in [9.17, 15) is 0 Å². The minimum Gasteiger partial charge on any atom is -0.378 e. The molecule has 0 saturated carbocycles. The summed E-state index contributed by atoms with van der Waals surface area (Å²) in [6.45, 7) is 0.944. The van der Waals surface area contributed by atoms with Crippen molar-refractivity contribution in [3.63, 3.8) is 0 Å². The van der Waals surface area contributed by atoms with Gasteiger partial charge in [0.1, 0.15) is 0 Å². The van der Waals surface area contributed by atoms with Gasteiger partial charge in [-0.3, -0.25) is 0 Å². The molecule has 0 aromatic heterocycles. The molecule has 86 valence electrons. The predicted molar refractivity (Wildman–Crippen MR) is 64.2 cm³/mol. The van der Waals surface area contributed by atoms with Crippen molar-refractivity contribution in [3.8, 4) is 0 Å². The zero-order chi connectivity index (χ0) is 11.0. The molecule has 1 heterocycles. The van der Waals surface area contributed by atoms with Gasteiger partial charge in [0.25, 0.3) is 0 Å². The third kappa shape index (κ3) is 1.76. The monoisotopic (exact) mass is 217 g/mol. The van der Waals surface area contributed by atoms with Gasteiger partial charge < -0.3 is 10.5 Å². The minimum absolute atomic E-state index is 0.223. The molecule has 0 spiro atoms. The Balaban J connectivity index is 1.71. The molecule has 0 radical (unpaired) electrons. The van der Waals surface area contributed by atoms with Crippen LogP contribution >= 0.6 is 0 Å². The predicted octanol–water partition coefficient (Wildman–Crippen LogP) is 2.43. The van der Waals surface area contributed by atoms with Crippen molar-refractivity contribution < 1.29 is 4.74 Å². The van der Waals surface area contributed by atoms with Gasteiger partial charge >= 0.3 is 0 Å². The molecule has 1 aliphatic heterocycles. The Labute approximate surface area is 96.8 Å². The second kappa shape index (κ2) is 4.19. The Morgan fingerprint density at radius 2 is 2.19 bits per heavy atom. The fourth-order valence-electron chi connectivity index (χ4n) is 3.11. The van der Waals surface area contributed by atoms with Crippen LogP contribution in [-0.2, 0) is 11.2 Å². The third-order valence-electron chi connectivity index (χ3n) is 3.99. The van der Waals surface area contributed by atoms with Crippen molar-refractivity contribution >= 4 is 0 Å². The summed E-state index contributed by atoms with van der Waals surface area (Å²) in [6, 6.07) is 8.81. The zero-order valence-electron chi connectivity index (χ0n) is 9.56. The van der Waals surface area contributed by atoms with Crippen LogP contribution < -0.4 is 5.73 Å². The Bertz CT molecular complexity index is 371. The topological polar surface area (TPSA) is 35.2 Å². The molecule has 3 unspecified atom stereocenters. The molecule has 1 fully saturated rings. The van der Waals surface area contributed by atoms with E-state index in [1.165, 1.54) is 24.0 Å². The fourth-order valence-corrected chi connectivity index (χ4v) is 3.11. The molecular weight excluding hydrogens is 198 g/mol. The van der Waals surface area contributed by atoms with Gasteiger partial charge in [0.05, 0.1) is 6.10 Å². The maximum absolute atomic E-state index is 6.31. The molecule has 0 amide bonds. The molecule has 1 aromatic rings. The lowest BCUT2D eigenvalue weighted by Crippen LogP contribution is -2.21. The number of hydrogen-bond donors (Lipinski definition) is 1. The van der Waals surface area contributed by atoms with Gasteiger partial charge in [-0.25, -0.2) is 0 Å². The average molecular weight is 217 g/mol. The van der Waals surface area contributed by atoms with Crippen molar-refractivity contribution in [2.24, 2.45) is 11.7 Å². The van der Waals surface area contributed by atoms with Gasteiger partial charge in [0, 0.05) is 12.6 Å². The first-order valence-electron chi connectivity index (χ1n) is 6.29. The van der Waals surface area contributed by atoms with Crippen LogP contribution in [0, 0.1) is 5.92 Å². The van der Waals surface area contributed by atoms with Gasteiger partial charge in [0.15, 0.2) is 0 Å². The van der Waals surface area contributed by atoms with Crippen LogP contribution in [0.5, 0.6) is 0 Å². The Morgan fingerprint density at radius 3 is 2.94 bits per heavy atom. The standard InChI is InChI=1S/C14H19NO/c15-14-11(9-12-5-3-7-16-12)8-10-4-1-2-6-13(10)14/h1-2,4,6,11-12,14H,3,5,7-9,15H2. The normalized spacial score (nSPS) is 32.9. The Morgan fingerprint density at radius 1 is 1.31 bits per heavy atom. The van der Waals surface area contributed by atoms with E-state index < -0.39 is 0 Å². The highest BCUT2D eigenvalue weighted by Gasteiger charge is 2.32. The van der Waals surface area contributed by atoms with Crippen LogP contribution in [0.3, 0.4) is 0 Å². The molecule has 3 atom stereocenters. The zero-order valence-corrected chi connectivity index (χ0v) is 9.56.